The molecule has 0 aliphatic carbocycles. The summed E-state index contributed by atoms with van der Waals surface area (Å²) in [7, 11) is -3.03. The normalized spacial score (nSPS) is 19.2. The Morgan fingerprint density at radius 2 is 2.22 bits per heavy atom. The van der Waals surface area contributed by atoms with Crippen molar-refractivity contribution >= 4 is 9.84 Å². The third kappa shape index (κ3) is 3.10. The molecule has 0 bridgehead atoms. The van der Waals surface area contributed by atoms with Crippen molar-refractivity contribution < 1.29 is 8.42 Å². The number of hydrogen-bond donors (Lipinski definition) is 2. The van der Waals surface area contributed by atoms with E-state index in [9.17, 15) is 8.42 Å². The van der Waals surface area contributed by atoms with Gasteiger partial charge in [-0.15, -0.1) is 0 Å². The summed E-state index contributed by atoms with van der Waals surface area (Å²) in [4.78, 5) is 0.518. The van der Waals surface area contributed by atoms with Crippen LogP contribution in [0.15, 0.2) is 23.1 Å². The highest BCUT2D eigenvalue weighted by atomic mass is 32.2. The highest BCUT2D eigenvalue weighted by molar-refractivity contribution is 7.91. The quantitative estimate of drug-likeness (QED) is 0.849. The zero-order valence-electron chi connectivity index (χ0n) is 10.6. The summed E-state index contributed by atoms with van der Waals surface area (Å²) in [6.07, 6.45) is 1.59. The molecule has 0 spiro atoms. The predicted molar refractivity (Wildman–Crippen MR) is 72.2 cm³/mol. The molecule has 18 heavy (non-hydrogen) atoms. The molecule has 0 fully saturated rings. The Bertz CT molecular complexity index is 524. The number of fused-ring (bicyclic) bond motifs is 1. The maximum atomic E-state index is 11.9. The van der Waals surface area contributed by atoms with Gasteiger partial charge in [-0.25, -0.2) is 8.42 Å². The molecule has 0 saturated heterocycles. The van der Waals surface area contributed by atoms with Crippen molar-refractivity contribution in [3.63, 3.8) is 0 Å². The summed E-state index contributed by atoms with van der Waals surface area (Å²) < 4.78 is 23.7. The first-order valence-electron chi connectivity index (χ1n) is 6.30. The standard InChI is InChI=1S/C13H20N2O2S/c1-10(14)8-15-9-11-4-5-13-12(7-11)3-2-6-18(13,16)17/h4-5,7,10,15H,2-3,6,8-9,14H2,1H3. The Balaban J connectivity index is 2.13. The average Bonchev–Trinajstić information content (AvgIpc) is 2.27. The first-order valence-corrected chi connectivity index (χ1v) is 7.95. The minimum absolute atomic E-state index is 0.128. The van der Waals surface area contributed by atoms with Crippen molar-refractivity contribution in [2.75, 3.05) is 12.3 Å². The van der Waals surface area contributed by atoms with E-state index in [-0.39, 0.29) is 11.8 Å². The maximum absolute atomic E-state index is 11.9. The number of nitrogens with two attached hydrogens (primary N) is 1. The van der Waals surface area contributed by atoms with Crippen LogP contribution in [0, 0.1) is 0 Å². The van der Waals surface area contributed by atoms with Crippen LogP contribution >= 0.6 is 0 Å². The first kappa shape index (κ1) is 13.5. The van der Waals surface area contributed by atoms with Gasteiger partial charge in [-0.05, 0) is 37.0 Å². The Kier molecular flexibility index (Phi) is 4.04. The van der Waals surface area contributed by atoms with E-state index in [1.54, 1.807) is 6.07 Å². The zero-order valence-corrected chi connectivity index (χ0v) is 11.5. The van der Waals surface area contributed by atoms with Crippen LogP contribution in [0.25, 0.3) is 0 Å². The molecule has 1 aromatic carbocycles. The smallest absolute Gasteiger partial charge is 0.178 e. The highest BCUT2D eigenvalue weighted by Crippen LogP contribution is 2.25. The van der Waals surface area contributed by atoms with Crippen LogP contribution in [0.1, 0.15) is 24.5 Å². The molecule has 0 radical (unpaired) electrons. The van der Waals surface area contributed by atoms with E-state index in [0.29, 0.717) is 4.90 Å². The van der Waals surface area contributed by atoms with E-state index in [0.717, 1.165) is 37.1 Å². The van der Waals surface area contributed by atoms with Crippen molar-refractivity contribution in [2.24, 2.45) is 5.73 Å². The molecule has 0 saturated carbocycles. The Morgan fingerprint density at radius 3 is 2.94 bits per heavy atom. The molecule has 0 aromatic heterocycles. The lowest BCUT2D eigenvalue weighted by molar-refractivity contribution is 0.585. The van der Waals surface area contributed by atoms with Crippen LogP contribution < -0.4 is 11.1 Å². The molecule has 2 rings (SSSR count). The zero-order chi connectivity index (χ0) is 13.2. The lowest BCUT2D eigenvalue weighted by Gasteiger charge is -2.17. The SMILES string of the molecule is CC(N)CNCc1ccc2c(c1)CCCS2(=O)=O. The second-order valence-corrected chi connectivity index (χ2v) is 7.05. The lowest BCUT2D eigenvalue weighted by atomic mass is 10.1. The van der Waals surface area contributed by atoms with Crippen molar-refractivity contribution in [3.8, 4) is 0 Å². The van der Waals surface area contributed by atoms with Crippen LogP contribution in [-0.2, 0) is 22.8 Å². The molecule has 5 heteroatoms. The van der Waals surface area contributed by atoms with Gasteiger partial charge in [0.15, 0.2) is 9.84 Å². The fraction of sp³-hybridized carbons (Fsp3) is 0.538. The molecule has 1 heterocycles. The maximum Gasteiger partial charge on any atom is 0.178 e. The van der Waals surface area contributed by atoms with Crippen LogP contribution in [0.3, 0.4) is 0 Å². The van der Waals surface area contributed by atoms with E-state index in [2.05, 4.69) is 5.32 Å². The third-order valence-electron chi connectivity index (χ3n) is 3.11. The molecule has 4 nitrogen and oxygen atoms in total. The van der Waals surface area contributed by atoms with Gasteiger partial charge >= 0.3 is 0 Å². The summed E-state index contributed by atoms with van der Waals surface area (Å²) in [5, 5.41) is 3.25. The molecule has 1 aliphatic rings. The summed E-state index contributed by atoms with van der Waals surface area (Å²) in [6.45, 7) is 3.44. The van der Waals surface area contributed by atoms with Crippen LogP contribution in [0.2, 0.25) is 0 Å². The summed E-state index contributed by atoms with van der Waals surface area (Å²) >= 11 is 0. The topological polar surface area (TPSA) is 72.2 Å². The van der Waals surface area contributed by atoms with Crippen molar-refractivity contribution in [1.29, 1.82) is 0 Å². The molecule has 1 atom stereocenters. The van der Waals surface area contributed by atoms with Gasteiger partial charge in [0.1, 0.15) is 0 Å². The summed E-state index contributed by atoms with van der Waals surface area (Å²) in [5.41, 5.74) is 7.74. The summed E-state index contributed by atoms with van der Waals surface area (Å²) in [6, 6.07) is 5.76. The summed E-state index contributed by atoms with van der Waals surface area (Å²) in [5.74, 6) is 0.280. The van der Waals surface area contributed by atoms with Gasteiger partial charge in [-0.2, -0.15) is 0 Å². The third-order valence-corrected chi connectivity index (χ3v) is 5.01. The second-order valence-electron chi connectivity index (χ2n) is 4.97. The molecular weight excluding hydrogens is 248 g/mol. The first-order chi connectivity index (χ1) is 8.49. The van der Waals surface area contributed by atoms with Gasteiger partial charge in [-0.1, -0.05) is 12.1 Å². The second kappa shape index (κ2) is 5.38. The molecule has 1 aromatic rings. The molecule has 1 aliphatic heterocycles. The molecule has 3 N–H and O–H groups in total. The number of sulfone groups is 1. The van der Waals surface area contributed by atoms with Crippen molar-refractivity contribution in [1.82, 2.24) is 5.32 Å². The Labute approximate surface area is 108 Å². The van der Waals surface area contributed by atoms with Gasteiger partial charge in [0.2, 0.25) is 0 Å². The van der Waals surface area contributed by atoms with Gasteiger partial charge in [-0.3, -0.25) is 0 Å². The van der Waals surface area contributed by atoms with E-state index in [1.807, 2.05) is 19.1 Å². The molecule has 100 valence electrons. The number of benzene rings is 1. The average molecular weight is 268 g/mol. The highest BCUT2D eigenvalue weighted by Gasteiger charge is 2.23. The minimum Gasteiger partial charge on any atom is -0.327 e. The van der Waals surface area contributed by atoms with E-state index in [4.69, 9.17) is 5.73 Å². The number of rotatable bonds is 4. The van der Waals surface area contributed by atoms with Crippen LogP contribution in [0.4, 0.5) is 0 Å². The number of hydrogen-bond acceptors (Lipinski definition) is 4. The predicted octanol–water partition coefficient (Wildman–Crippen LogP) is 0.843. The van der Waals surface area contributed by atoms with Gasteiger partial charge in [0.05, 0.1) is 10.6 Å². The van der Waals surface area contributed by atoms with Gasteiger partial charge in [0.25, 0.3) is 0 Å². The molecular formula is C13H20N2O2S. The van der Waals surface area contributed by atoms with E-state index < -0.39 is 9.84 Å². The Morgan fingerprint density at radius 1 is 1.44 bits per heavy atom. The fourth-order valence-electron chi connectivity index (χ4n) is 2.25. The molecule has 0 amide bonds. The Hall–Kier alpha value is -0.910. The van der Waals surface area contributed by atoms with Crippen molar-refractivity contribution in [2.45, 2.75) is 37.2 Å². The number of aryl methyl sites for hydroxylation is 1. The lowest BCUT2D eigenvalue weighted by Crippen LogP contribution is -2.30. The monoisotopic (exact) mass is 268 g/mol. The van der Waals surface area contributed by atoms with Crippen LogP contribution in [0.5, 0.6) is 0 Å². The van der Waals surface area contributed by atoms with E-state index >= 15 is 0 Å². The largest absolute Gasteiger partial charge is 0.327 e. The van der Waals surface area contributed by atoms with Crippen molar-refractivity contribution in [3.05, 3.63) is 29.3 Å². The fourth-order valence-corrected chi connectivity index (χ4v) is 3.83. The minimum atomic E-state index is -3.03. The number of nitrogens with one attached hydrogen (secondary N) is 1. The van der Waals surface area contributed by atoms with Crippen LogP contribution in [-0.4, -0.2) is 26.8 Å². The molecule has 1 unspecified atom stereocenters. The van der Waals surface area contributed by atoms with Gasteiger partial charge in [0, 0.05) is 19.1 Å². The van der Waals surface area contributed by atoms with E-state index in [1.165, 1.54) is 0 Å². The van der Waals surface area contributed by atoms with Gasteiger partial charge < -0.3 is 11.1 Å².